The Hall–Kier alpha value is -2.36. The lowest BCUT2D eigenvalue weighted by atomic mass is 10.1. The predicted octanol–water partition coefficient (Wildman–Crippen LogP) is 3.63. The first kappa shape index (κ1) is 15.5. The molecule has 1 fully saturated rings. The highest BCUT2D eigenvalue weighted by molar-refractivity contribution is 5.92. The third kappa shape index (κ3) is 3.89. The van der Waals surface area contributed by atoms with E-state index in [4.69, 9.17) is 0 Å². The molecule has 1 aliphatic rings. The summed E-state index contributed by atoms with van der Waals surface area (Å²) in [5, 5.41) is 3.36. The zero-order valence-corrected chi connectivity index (χ0v) is 13.6. The summed E-state index contributed by atoms with van der Waals surface area (Å²) in [5.74, 6) is 0.0511. The maximum atomic E-state index is 12.4. The number of anilines is 1. The van der Waals surface area contributed by atoms with Crippen LogP contribution in [0.15, 0.2) is 42.6 Å². The molecule has 3 rings (SSSR count). The molecule has 4 nitrogen and oxygen atoms in total. The van der Waals surface area contributed by atoms with Crippen molar-refractivity contribution in [3.8, 4) is 0 Å². The molecule has 1 aromatic carbocycles. The number of nitrogens with zero attached hydrogens (tertiary/aromatic N) is 2. The third-order valence-electron chi connectivity index (χ3n) is 4.37. The van der Waals surface area contributed by atoms with Crippen molar-refractivity contribution in [1.82, 2.24) is 9.88 Å². The summed E-state index contributed by atoms with van der Waals surface area (Å²) in [7, 11) is 0. The van der Waals surface area contributed by atoms with E-state index >= 15 is 0 Å². The Kier molecular flexibility index (Phi) is 4.91. The third-order valence-corrected chi connectivity index (χ3v) is 4.37. The van der Waals surface area contributed by atoms with Crippen LogP contribution in [0.2, 0.25) is 0 Å². The van der Waals surface area contributed by atoms with Gasteiger partial charge in [0.05, 0.1) is 11.9 Å². The summed E-state index contributed by atoms with van der Waals surface area (Å²) in [5.41, 5.74) is 4.00. The van der Waals surface area contributed by atoms with Gasteiger partial charge in [-0.3, -0.25) is 4.79 Å². The number of hydrogen-bond acceptors (Lipinski definition) is 3. The minimum atomic E-state index is 0.0511. The van der Waals surface area contributed by atoms with Crippen molar-refractivity contribution in [3.63, 3.8) is 0 Å². The first-order chi connectivity index (χ1) is 11.2. The molecule has 0 spiro atoms. The van der Waals surface area contributed by atoms with Crippen molar-refractivity contribution in [2.24, 2.45) is 0 Å². The largest absolute Gasteiger partial charge is 0.380 e. The quantitative estimate of drug-likeness (QED) is 0.938. The fourth-order valence-corrected chi connectivity index (χ4v) is 2.89. The fraction of sp³-hybridized carbons (Fsp3) is 0.368. The van der Waals surface area contributed by atoms with Crippen LogP contribution in [0.25, 0.3) is 0 Å². The van der Waals surface area contributed by atoms with Gasteiger partial charge in [-0.15, -0.1) is 0 Å². The van der Waals surface area contributed by atoms with E-state index in [1.807, 2.05) is 29.2 Å². The zero-order chi connectivity index (χ0) is 16.1. The lowest BCUT2D eigenvalue weighted by Gasteiger charge is -2.26. The van der Waals surface area contributed by atoms with Gasteiger partial charge in [0, 0.05) is 19.6 Å². The minimum Gasteiger partial charge on any atom is -0.380 e. The molecular weight excluding hydrogens is 286 g/mol. The van der Waals surface area contributed by atoms with Gasteiger partial charge in [0.2, 0.25) is 0 Å². The number of benzene rings is 1. The summed E-state index contributed by atoms with van der Waals surface area (Å²) in [6.07, 6.45) is 5.16. The van der Waals surface area contributed by atoms with Crippen LogP contribution in [0.4, 0.5) is 5.69 Å². The van der Waals surface area contributed by atoms with Crippen LogP contribution in [0.3, 0.4) is 0 Å². The highest BCUT2D eigenvalue weighted by Gasteiger charge is 2.18. The maximum Gasteiger partial charge on any atom is 0.272 e. The molecule has 1 saturated heterocycles. The van der Waals surface area contributed by atoms with E-state index in [0.717, 1.165) is 38.2 Å². The summed E-state index contributed by atoms with van der Waals surface area (Å²) in [6.45, 7) is 4.57. The van der Waals surface area contributed by atoms with Gasteiger partial charge in [0.15, 0.2) is 0 Å². The van der Waals surface area contributed by atoms with E-state index in [9.17, 15) is 4.79 Å². The van der Waals surface area contributed by atoms with Crippen LogP contribution in [0.5, 0.6) is 0 Å². The Morgan fingerprint density at radius 2 is 1.91 bits per heavy atom. The average molecular weight is 309 g/mol. The molecule has 0 radical (unpaired) electrons. The molecule has 0 atom stereocenters. The van der Waals surface area contributed by atoms with Gasteiger partial charge in [-0.1, -0.05) is 24.3 Å². The van der Waals surface area contributed by atoms with Gasteiger partial charge in [-0.2, -0.15) is 0 Å². The van der Waals surface area contributed by atoms with E-state index in [0.29, 0.717) is 5.69 Å². The second-order valence-corrected chi connectivity index (χ2v) is 6.07. The number of rotatable bonds is 4. The molecule has 2 heterocycles. The van der Waals surface area contributed by atoms with E-state index in [-0.39, 0.29) is 5.91 Å². The van der Waals surface area contributed by atoms with Crippen molar-refractivity contribution in [2.75, 3.05) is 18.4 Å². The molecule has 4 heteroatoms. The van der Waals surface area contributed by atoms with Gasteiger partial charge < -0.3 is 10.2 Å². The minimum absolute atomic E-state index is 0.0511. The lowest BCUT2D eigenvalue weighted by Crippen LogP contribution is -2.36. The number of carbonyl (C=O) groups is 1. The van der Waals surface area contributed by atoms with Crippen LogP contribution in [0, 0.1) is 6.92 Å². The second-order valence-electron chi connectivity index (χ2n) is 6.07. The average Bonchev–Trinajstić information content (AvgIpc) is 2.62. The number of hydrogen-bond donors (Lipinski definition) is 1. The maximum absolute atomic E-state index is 12.4. The number of aromatic nitrogens is 1. The Morgan fingerprint density at radius 3 is 2.61 bits per heavy atom. The van der Waals surface area contributed by atoms with Gasteiger partial charge >= 0.3 is 0 Å². The Bertz CT molecular complexity index is 661. The van der Waals surface area contributed by atoms with Crippen LogP contribution < -0.4 is 5.32 Å². The molecule has 1 N–H and O–H groups in total. The van der Waals surface area contributed by atoms with Crippen molar-refractivity contribution >= 4 is 11.6 Å². The summed E-state index contributed by atoms with van der Waals surface area (Å²) in [6, 6.07) is 12.1. The molecule has 120 valence electrons. The normalized spacial score (nSPS) is 14.6. The summed E-state index contributed by atoms with van der Waals surface area (Å²) >= 11 is 0. The molecule has 0 bridgehead atoms. The first-order valence-corrected chi connectivity index (χ1v) is 8.28. The van der Waals surface area contributed by atoms with Crippen LogP contribution in [-0.4, -0.2) is 28.9 Å². The molecule has 1 aliphatic heterocycles. The Labute approximate surface area is 137 Å². The topological polar surface area (TPSA) is 45.2 Å². The number of aryl methyl sites for hydroxylation is 1. The van der Waals surface area contributed by atoms with Crippen molar-refractivity contribution in [1.29, 1.82) is 0 Å². The van der Waals surface area contributed by atoms with E-state index in [1.54, 1.807) is 6.20 Å². The standard InChI is InChI=1S/C19H23N3O/c1-15-7-3-4-8-16(15)13-20-17-9-10-18(21-14-17)19(23)22-11-5-2-6-12-22/h3-4,7-10,14,20H,2,5-6,11-13H2,1H3. The number of pyridine rings is 1. The van der Waals surface area contributed by atoms with E-state index in [1.165, 1.54) is 17.5 Å². The highest BCUT2D eigenvalue weighted by Crippen LogP contribution is 2.15. The second kappa shape index (κ2) is 7.27. The summed E-state index contributed by atoms with van der Waals surface area (Å²) in [4.78, 5) is 18.6. The van der Waals surface area contributed by atoms with Crippen molar-refractivity contribution in [3.05, 3.63) is 59.4 Å². The van der Waals surface area contributed by atoms with Gasteiger partial charge in [0.25, 0.3) is 5.91 Å². The number of piperidine rings is 1. The van der Waals surface area contributed by atoms with Crippen LogP contribution >= 0.6 is 0 Å². The van der Waals surface area contributed by atoms with Crippen molar-refractivity contribution < 1.29 is 4.79 Å². The molecule has 2 aromatic rings. The predicted molar refractivity (Wildman–Crippen MR) is 92.5 cm³/mol. The Balaban J connectivity index is 1.60. The van der Waals surface area contributed by atoms with Gasteiger partial charge in [0.1, 0.15) is 5.69 Å². The first-order valence-electron chi connectivity index (χ1n) is 8.28. The molecule has 0 unspecified atom stereocenters. The van der Waals surface area contributed by atoms with Crippen LogP contribution in [0.1, 0.15) is 40.9 Å². The number of likely N-dealkylation sites (tertiary alicyclic amines) is 1. The highest BCUT2D eigenvalue weighted by atomic mass is 16.2. The zero-order valence-electron chi connectivity index (χ0n) is 13.6. The fourth-order valence-electron chi connectivity index (χ4n) is 2.89. The smallest absolute Gasteiger partial charge is 0.272 e. The Morgan fingerprint density at radius 1 is 1.13 bits per heavy atom. The molecular formula is C19H23N3O. The number of amides is 1. The lowest BCUT2D eigenvalue weighted by molar-refractivity contribution is 0.0718. The van der Waals surface area contributed by atoms with E-state index < -0.39 is 0 Å². The number of carbonyl (C=O) groups excluding carboxylic acids is 1. The molecule has 1 aromatic heterocycles. The van der Waals surface area contributed by atoms with Crippen molar-refractivity contribution in [2.45, 2.75) is 32.7 Å². The SMILES string of the molecule is Cc1ccccc1CNc1ccc(C(=O)N2CCCCC2)nc1. The van der Waals surface area contributed by atoms with E-state index in [2.05, 4.69) is 29.4 Å². The summed E-state index contributed by atoms with van der Waals surface area (Å²) < 4.78 is 0. The van der Waals surface area contributed by atoms with Gasteiger partial charge in [-0.25, -0.2) is 4.98 Å². The molecule has 1 amide bonds. The molecule has 0 aliphatic carbocycles. The number of nitrogens with one attached hydrogen (secondary N) is 1. The molecule has 0 saturated carbocycles. The monoisotopic (exact) mass is 309 g/mol. The van der Waals surface area contributed by atoms with Gasteiger partial charge in [-0.05, 0) is 49.4 Å². The molecule has 23 heavy (non-hydrogen) atoms. The van der Waals surface area contributed by atoms with Crippen LogP contribution in [-0.2, 0) is 6.54 Å².